The SMILES string of the molecule is COc1cc(Cl)nc(-c2ccccc2OC(N)=O)n1. The van der Waals surface area contributed by atoms with Crippen LogP contribution >= 0.6 is 11.6 Å². The summed E-state index contributed by atoms with van der Waals surface area (Å²) in [4.78, 5) is 19.1. The van der Waals surface area contributed by atoms with Crippen molar-refractivity contribution in [1.29, 1.82) is 0 Å². The van der Waals surface area contributed by atoms with Gasteiger partial charge in [-0.3, -0.25) is 0 Å². The summed E-state index contributed by atoms with van der Waals surface area (Å²) < 4.78 is 9.90. The van der Waals surface area contributed by atoms with Gasteiger partial charge < -0.3 is 15.2 Å². The van der Waals surface area contributed by atoms with Crippen LogP contribution in [0.5, 0.6) is 11.6 Å². The molecule has 7 heteroatoms. The molecule has 0 spiro atoms. The fourth-order valence-corrected chi connectivity index (χ4v) is 1.64. The third kappa shape index (κ3) is 3.11. The van der Waals surface area contributed by atoms with Gasteiger partial charge in [0.25, 0.3) is 0 Å². The van der Waals surface area contributed by atoms with Gasteiger partial charge in [0.2, 0.25) is 5.88 Å². The minimum atomic E-state index is -0.915. The van der Waals surface area contributed by atoms with E-state index in [9.17, 15) is 4.79 Å². The molecule has 0 radical (unpaired) electrons. The summed E-state index contributed by atoms with van der Waals surface area (Å²) in [5, 5.41) is 0.218. The summed E-state index contributed by atoms with van der Waals surface area (Å²) in [7, 11) is 1.47. The van der Waals surface area contributed by atoms with Crippen LogP contribution in [0.1, 0.15) is 0 Å². The average molecular weight is 280 g/mol. The lowest BCUT2D eigenvalue weighted by Crippen LogP contribution is -2.16. The van der Waals surface area contributed by atoms with Crippen LogP contribution in [0.3, 0.4) is 0 Å². The predicted molar refractivity (Wildman–Crippen MR) is 69.2 cm³/mol. The Morgan fingerprint density at radius 2 is 2.05 bits per heavy atom. The third-order valence-corrected chi connectivity index (χ3v) is 2.41. The second kappa shape index (κ2) is 5.53. The van der Waals surface area contributed by atoms with Gasteiger partial charge in [-0.1, -0.05) is 23.7 Å². The number of benzene rings is 1. The molecule has 0 saturated carbocycles. The molecule has 1 amide bonds. The number of carbonyl (C=O) groups excluding carboxylic acids is 1. The van der Waals surface area contributed by atoms with Crippen LogP contribution in [0.2, 0.25) is 5.15 Å². The number of rotatable bonds is 3. The first-order chi connectivity index (χ1) is 9.10. The maximum atomic E-state index is 10.9. The first kappa shape index (κ1) is 13.1. The Kier molecular flexibility index (Phi) is 3.82. The smallest absolute Gasteiger partial charge is 0.409 e. The fourth-order valence-electron chi connectivity index (χ4n) is 1.47. The second-order valence-corrected chi connectivity index (χ2v) is 3.86. The Morgan fingerprint density at radius 3 is 2.74 bits per heavy atom. The van der Waals surface area contributed by atoms with Crippen molar-refractivity contribution in [2.75, 3.05) is 7.11 Å². The summed E-state index contributed by atoms with van der Waals surface area (Å²) in [6.45, 7) is 0. The van der Waals surface area contributed by atoms with Gasteiger partial charge in [0.15, 0.2) is 5.82 Å². The van der Waals surface area contributed by atoms with E-state index in [0.717, 1.165) is 0 Å². The molecular weight excluding hydrogens is 270 g/mol. The molecule has 0 fully saturated rings. The van der Waals surface area contributed by atoms with Gasteiger partial charge in [0, 0.05) is 6.07 Å². The van der Waals surface area contributed by atoms with Gasteiger partial charge in [0.05, 0.1) is 12.7 Å². The highest BCUT2D eigenvalue weighted by atomic mass is 35.5. The zero-order valence-electron chi connectivity index (χ0n) is 9.96. The van der Waals surface area contributed by atoms with E-state index < -0.39 is 6.09 Å². The first-order valence-corrected chi connectivity index (χ1v) is 5.63. The van der Waals surface area contributed by atoms with Crippen molar-refractivity contribution in [3.63, 3.8) is 0 Å². The maximum absolute atomic E-state index is 10.9. The zero-order chi connectivity index (χ0) is 13.8. The molecule has 0 aliphatic rings. The standard InChI is InChI=1S/C12H10ClN3O3/c1-18-10-6-9(13)15-11(16-10)7-4-2-3-5-8(7)19-12(14)17/h2-6H,1H3,(H2,14,17). The largest absolute Gasteiger partial charge is 0.481 e. The minimum absolute atomic E-state index is 0.218. The van der Waals surface area contributed by atoms with Crippen molar-refractivity contribution in [1.82, 2.24) is 9.97 Å². The van der Waals surface area contributed by atoms with E-state index in [4.69, 9.17) is 26.8 Å². The van der Waals surface area contributed by atoms with E-state index in [1.165, 1.54) is 13.2 Å². The zero-order valence-corrected chi connectivity index (χ0v) is 10.7. The summed E-state index contributed by atoms with van der Waals surface area (Å²) >= 11 is 5.87. The molecule has 98 valence electrons. The Hall–Kier alpha value is -2.34. The van der Waals surface area contributed by atoms with Gasteiger partial charge in [-0.2, -0.15) is 4.98 Å². The van der Waals surface area contributed by atoms with Crippen molar-refractivity contribution in [3.05, 3.63) is 35.5 Å². The fraction of sp³-hybridized carbons (Fsp3) is 0.0833. The topological polar surface area (TPSA) is 87.3 Å². The molecule has 0 atom stereocenters. The second-order valence-electron chi connectivity index (χ2n) is 3.47. The normalized spacial score (nSPS) is 10.0. The number of methoxy groups -OCH3 is 1. The van der Waals surface area contributed by atoms with Crippen LogP contribution in [-0.2, 0) is 0 Å². The lowest BCUT2D eigenvalue weighted by atomic mass is 10.2. The van der Waals surface area contributed by atoms with Crippen LogP contribution in [0.4, 0.5) is 4.79 Å². The number of nitrogens with two attached hydrogens (primary N) is 1. The molecule has 1 aromatic carbocycles. The lowest BCUT2D eigenvalue weighted by Gasteiger charge is -2.08. The number of halogens is 1. The van der Waals surface area contributed by atoms with Gasteiger partial charge in [0.1, 0.15) is 10.9 Å². The summed E-state index contributed by atoms with van der Waals surface area (Å²) in [6.07, 6.45) is -0.915. The van der Waals surface area contributed by atoms with E-state index in [0.29, 0.717) is 11.4 Å². The van der Waals surface area contributed by atoms with Gasteiger partial charge >= 0.3 is 6.09 Å². The van der Waals surface area contributed by atoms with Gasteiger partial charge in [-0.15, -0.1) is 0 Å². The van der Waals surface area contributed by atoms with E-state index in [1.54, 1.807) is 24.3 Å². The molecule has 0 aliphatic carbocycles. The minimum Gasteiger partial charge on any atom is -0.481 e. The number of hydrogen-bond donors (Lipinski definition) is 1. The van der Waals surface area contributed by atoms with Crippen LogP contribution in [0.15, 0.2) is 30.3 Å². The molecule has 2 rings (SSSR count). The highest BCUT2D eigenvalue weighted by Crippen LogP contribution is 2.29. The molecule has 6 nitrogen and oxygen atoms in total. The molecule has 0 saturated heterocycles. The van der Waals surface area contributed by atoms with Crippen molar-refractivity contribution < 1.29 is 14.3 Å². The van der Waals surface area contributed by atoms with E-state index in [1.807, 2.05) is 0 Å². The number of nitrogens with zero attached hydrogens (tertiary/aromatic N) is 2. The van der Waals surface area contributed by atoms with Crippen LogP contribution in [0.25, 0.3) is 11.4 Å². The number of para-hydroxylation sites is 1. The quantitative estimate of drug-likeness (QED) is 0.871. The number of primary amides is 1. The molecule has 0 bridgehead atoms. The molecule has 2 aromatic rings. The molecule has 1 heterocycles. The number of ether oxygens (including phenoxy) is 2. The molecule has 19 heavy (non-hydrogen) atoms. The van der Waals surface area contributed by atoms with E-state index in [-0.39, 0.29) is 16.7 Å². The Morgan fingerprint density at radius 1 is 1.32 bits per heavy atom. The number of amides is 1. The monoisotopic (exact) mass is 279 g/mol. The Bertz CT molecular complexity index is 619. The van der Waals surface area contributed by atoms with Crippen molar-refractivity contribution in [3.8, 4) is 23.0 Å². The van der Waals surface area contributed by atoms with Crippen molar-refractivity contribution >= 4 is 17.7 Å². The first-order valence-electron chi connectivity index (χ1n) is 5.25. The van der Waals surface area contributed by atoms with E-state index >= 15 is 0 Å². The van der Waals surface area contributed by atoms with Crippen LogP contribution in [0, 0.1) is 0 Å². The third-order valence-electron chi connectivity index (χ3n) is 2.22. The highest BCUT2D eigenvalue weighted by molar-refractivity contribution is 6.29. The summed E-state index contributed by atoms with van der Waals surface area (Å²) in [6, 6.07) is 8.19. The number of aromatic nitrogens is 2. The number of hydrogen-bond acceptors (Lipinski definition) is 5. The maximum Gasteiger partial charge on any atom is 0.409 e. The van der Waals surface area contributed by atoms with Crippen molar-refractivity contribution in [2.45, 2.75) is 0 Å². The van der Waals surface area contributed by atoms with Crippen LogP contribution in [-0.4, -0.2) is 23.2 Å². The molecule has 0 unspecified atom stereocenters. The summed E-state index contributed by atoms with van der Waals surface area (Å²) in [5.74, 6) is 0.837. The van der Waals surface area contributed by atoms with Crippen LogP contribution < -0.4 is 15.2 Å². The molecule has 1 aromatic heterocycles. The van der Waals surface area contributed by atoms with Gasteiger partial charge in [-0.25, -0.2) is 9.78 Å². The highest BCUT2D eigenvalue weighted by Gasteiger charge is 2.12. The molecular formula is C12H10ClN3O3. The Labute approximate surface area is 114 Å². The number of carbonyl (C=O) groups is 1. The van der Waals surface area contributed by atoms with E-state index in [2.05, 4.69) is 9.97 Å². The average Bonchev–Trinajstić information content (AvgIpc) is 2.38. The summed E-state index contributed by atoms with van der Waals surface area (Å²) in [5.41, 5.74) is 5.49. The predicted octanol–water partition coefficient (Wildman–Crippen LogP) is 2.26. The molecule has 0 aliphatic heterocycles. The van der Waals surface area contributed by atoms with Gasteiger partial charge in [-0.05, 0) is 12.1 Å². The molecule has 2 N–H and O–H groups in total. The Balaban J connectivity index is 2.52. The van der Waals surface area contributed by atoms with Crippen molar-refractivity contribution in [2.24, 2.45) is 5.73 Å². The lowest BCUT2D eigenvalue weighted by molar-refractivity contribution is 0.211.